The van der Waals surface area contributed by atoms with Gasteiger partial charge in [-0.15, -0.1) is 10.2 Å². The summed E-state index contributed by atoms with van der Waals surface area (Å²) in [6.45, 7) is 6.48. The maximum atomic E-state index is 4.50. The first-order valence-corrected chi connectivity index (χ1v) is 7.09. The predicted molar refractivity (Wildman–Crippen MR) is 76.9 cm³/mol. The summed E-state index contributed by atoms with van der Waals surface area (Å²) in [4.78, 5) is 1.73. The highest BCUT2D eigenvalue weighted by atomic mass is 127. The molecule has 2 heterocycles. The van der Waals surface area contributed by atoms with E-state index in [1.165, 1.54) is 0 Å². The lowest BCUT2D eigenvalue weighted by atomic mass is 10.0. The molecule has 0 radical (unpaired) electrons. The summed E-state index contributed by atoms with van der Waals surface area (Å²) in [5.74, 6) is 1.13. The van der Waals surface area contributed by atoms with Crippen molar-refractivity contribution in [2.45, 2.75) is 33.2 Å². The summed E-state index contributed by atoms with van der Waals surface area (Å²) >= 11 is 2.23. The monoisotopic (exact) mass is 360 g/mol. The normalized spacial score (nSPS) is 13.2. The zero-order valence-electron chi connectivity index (χ0n) is 11.0. The van der Waals surface area contributed by atoms with Gasteiger partial charge in [0.2, 0.25) is 5.82 Å². The van der Waals surface area contributed by atoms with Crippen LogP contribution in [0, 0.1) is 9.49 Å². The zero-order valence-corrected chi connectivity index (χ0v) is 13.2. The third kappa shape index (κ3) is 2.40. The van der Waals surface area contributed by atoms with E-state index in [1.54, 1.807) is 15.7 Å². The average Bonchev–Trinajstić information content (AvgIpc) is 2.87. The molecule has 0 amide bonds. The molecule has 0 N–H and O–H groups in total. The number of rotatable bonds is 4. The first-order chi connectivity index (χ1) is 8.54. The molecule has 0 aliphatic rings. The van der Waals surface area contributed by atoms with Crippen LogP contribution in [-0.2, 0) is 7.05 Å². The lowest BCUT2D eigenvalue weighted by molar-refractivity contribution is 0.299. The Kier molecular flexibility index (Phi) is 3.98. The Labute approximate surface area is 120 Å². The molecule has 0 saturated heterocycles. The highest BCUT2D eigenvalue weighted by molar-refractivity contribution is 14.1. The highest BCUT2D eigenvalue weighted by Gasteiger charge is 2.19. The summed E-state index contributed by atoms with van der Waals surface area (Å²) in [7, 11) is 1.89. The van der Waals surface area contributed by atoms with Gasteiger partial charge in [0.25, 0.3) is 0 Å². The molecule has 0 saturated carbocycles. The van der Waals surface area contributed by atoms with Crippen molar-refractivity contribution >= 4 is 22.6 Å². The van der Waals surface area contributed by atoms with Gasteiger partial charge in [0.05, 0.1) is 15.8 Å². The Morgan fingerprint density at radius 1 is 1.39 bits per heavy atom. The second kappa shape index (κ2) is 5.33. The Morgan fingerprint density at radius 2 is 2.11 bits per heavy atom. The maximum absolute atomic E-state index is 4.50. The van der Waals surface area contributed by atoms with Gasteiger partial charge in [0.15, 0.2) is 0 Å². The number of halogens is 1. The summed E-state index contributed by atoms with van der Waals surface area (Å²) in [6, 6.07) is 0.289. The van der Waals surface area contributed by atoms with Crippen LogP contribution in [0.2, 0.25) is 0 Å². The van der Waals surface area contributed by atoms with E-state index < -0.39 is 0 Å². The Morgan fingerprint density at radius 3 is 2.61 bits per heavy atom. The van der Waals surface area contributed by atoms with E-state index in [4.69, 9.17) is 0 Å². The van der Waals surface area contributed by atoms with Crippen molar-refractivity contribution in [3.8, 4) is 11.5 Å². The molecule has 2 aromatic rings. The SMILES string of the molecule is CCC(C(C)C)n1nnc(-c2c(I)cnn2C)n1. The van der Waals surface area contributed by atoms with Gasteiger partial charge in [-0.2, -0.15) is 9.90 Å². The Bertz CT molecular complexity index is 510. The molecule has 2 aromatic heterocycles. The number of hydrogen-bond donors (Lipinski definition) is 0. The van der Waals surface area contributed by atoms with Crippen LogP contribution in [0.5, 0.6) is 0 Å². The van der Waals surface area contributed by atoms with E-state index in [-0.39, 0.29) is 6.04 Å². The highest BCUT2D eigenvalue weighted by Crippen LogP contribution is 2.23. The summed E-state index contributed by atoms with van der Waals surface area (Å²) in [5, 5.41) is 17.0. The quantitative estimate of drug-likeness (QED) is 0.785. The third-order valence-electron chi connectivity index (χ3n) is 3.02. The van der Waals surface area contributed by atoms with Crippen LogP contribution in [0.3, 0.4) is 0 Å². The molecule has 0 spiro atoms. The van der Waals surface area contributed by atoms with Crippen molar-refractivity contribution in [2.24, 2.45) is 13.0 Å². The summed E-state index contributed by atoms with van der Waals surface area (Å²) < 4.78 is 2.81. The number of aromatic nitrogens is 6. The number of tetrazole rings is 1. The maximum Gasteiger partial charge on any atom is 0.223 e. The van der Waals surface area contributed by atoms with Gasteiger partial charge in [-0.05, 0) is 40.1 Å². The number of hydrogen-bond acceptors (Lipinski definition) is 4. The van der Waals surface area contributed by atoms with E-state index in [0.29, 0.717) is 11.7 Å². The minimum absolute atomic E-state index is 0.289. The standard InChI is InChI=1S/C11H17IN6/c1-5-9(7(2)3)18-15-11(14-16-18)10-8(12)6-13-17(10)4/h6-7,9H,5H2,1-4H3. The topological polar surface area (TPSA) is 61.4 Å². The molecule has 0 fully saturated rings. The summed E-state index contributed by atoms with van der Waals surface area (Å²) in [5.41, 5.74) is 0.917. The third-order valence-corrected chi connectivity index (χ3v) is 3.81. The van der Waals surface area contributed by atoms with E-state index >= 15 is 0 Å². The van der Waals surface area contributed by atoms with Crippen LogP contribution in [-0.4, -0.2) is 30.0 Å². The van der Waals surface area contributed by atoms with Crippen LogP contribution >= 0.6 is 22.6 Å². The van der Waals surface area contributed by atoms with Crippen molar-refractivity contribution in [1.29, 1.82) is 0 Å². The van der Waals surface area contributed by atoms with Crippen LogP contribution < -0.4 is 0 Å². The van der Waals surface area contributed by atoms with Gasteiger partial charge in [-0.25, -0.2) is 0 Å². The lowest BCUT2D eigenvalue weighted by Crippen LogP contribution is -2.17. The van der Waals surface area contributed by atoms with Crippen molar-refractivity contribution in [3.63, 3.8) is 0 Å². The van der Waals surface area contributed by atoms with Gasteiger partial charge >= 0.3 is 0 Å². The van der Waals surface area contributed by atoms with Crippen LogP contribution in [0.1, 0.15) is 33.2 Å². The van der Waals surface area contributed by atoms with E-state index in [1.807, 2.05) is 7.05 Å². The van der Waals surface area contributed by atoms with Gasteiger partial charge in [0.1, 0.15) is 5.69 Å². The fourth-order valence-electron chi connectivity index (χ4n) is 2.02. The van der Waals surface area contributed by atoms with Gasteiger partial charge < -0.3 is 0 Å². The molecular formula is C11H17IN6. The largest absolute Gasteiger partial charge is 0.263 e. The van der Waals surface area contributed by atoms with E-state index in [0.717, 1.165) is 15.7 Å². The smallest absolute Gasteiger partial charge is 0.223 e. The van der Waals surface area contributed by atoms with E-state index in [9.17, 15) is 0 Å². The predicted octanol–water partition coefficient (Wildman–Crippen LogP) is 2.29. The van der Waals surface area contributed by atoms with E-state index in [2.05, 4.69) is 63.9 Å². The lowest BCUT2D eigenvalue weighted by Gasteiger charge is -2.16. The molecule has 0 bridgehead atoms. The molecule has 0 aromatic carbocycles. The van der Waals surface area contributed by atoms with Crippen molar-refractivity contribution in [1.82, 2.24) is 30.0 Å². The molecule has 7 heteroatoms. The molecule has 1 atom stereocenters. The number of aryl methyl sites for hydroxylation is 1. The van der Waals surface area contributed by atoms with Crippen molar-refractivity contribution < 1.29 is 0 Å². The molecule has 18 heavy (non-hydrogen) atoms. The Balaban J connectivity index is 2.36. The minimum Gasteiger partial charge on any atom is -0.263 e. The first kappa shape index (κ1) is 13.4. The van der Waals surface area contributed by atoms with Crippen LogP contribution in [0.15, 0.2) is 6.20 Å². The molecule has 0 aliphatic carbocycles. The molecule has 98 valence electrons. The molecule has 2 rings (SSSR count). The second-order valence-electron chi connectivity index (χ2n) is 4.62. The second-order valence-corrected chi connectivity index (χ2v) is 5.78. The molecule has 0 aliphatic heterocycles. The molecule has 6 nitrogen and oxygen atoms in total. The zero-order chi connectivity index (χ0) is 13.3. The molecular weight excluding hydrogens is 343 g/mol. The number of nitrogens with zero attached hydrogens (tertiary/aromatic N) is 6. The first-order valence-electron chi connectivity index (χ1n) is 6.02. The van der Waals surface area contributed by atoms with Crippen molar-refractivity contribution in [3.05, 3.63) is 9.77 Å². The fraction of sp³-hybridized carbons (Fsp3) is 0.636. The van der Waals surface area contributed by atoms with Crippen LogP contribution in [0.4, 0.5) is 0 Å². The summed E-state index contributed by atoms with van der Waals surface area (Å²) in [6.07, 6.45) is 2.80. The molecule has 1 unspecified atom stereocenters. The van der Waals surface area contributed by atoms with Gasteiger partial charge in [-0.3, -0.25) is 4.68 Å². The fourth-order valence-corrected chi connectivity index (χ4v) is 2.74. The Hall–Kier alpha value is -0.990. The average molecular weight is 360 g/mol. The van der Waals surface area contributed by atoms with Gasteiger partial charge in [0, 0.05) is 7.05 Å². The minimum atomic E-state index is 0.289. The van der Waals surface area contributed by atoms with Crippen LogP contribution in [0.25, 0.3) is 11.5 Å². The van der Waals surface area contributed by atoms with Crippen molar-refractivity contribution in [2.75, 3.05) is 0 Å². The van der Waals surface area contributed by atoms with Gasteiger partial charge in [-0.1, -0.05) is 20.8 Å².